The summed E-state index contributed by atoms with van der Waals surface area (Å²) in [7, 11) is 5.50. The van der Waals surface area contributed by atoms with Gasteiger partial charge in [0.2, 0.25) is 0 Å². The smallest absolute Gasteiger partial charge is 0.133 e. The van der Waals surface area contributed by atoms with E-state index in [-0.39, 0.29) is 12.6 Å². The van der Waals surface area contributed by atoms with Crippen LogP contribution in [0.15, 0.2) is 42.6 Å². The summed E-state index contributed by atoms with van der Waals surface area (Å²) in [6, 6.07) is 10.3. The van der Waals surface area contributed by atoms with Gasteiger partial charge in [-0.1, -0.05) is 42.5 Å². The lowest BCUT2D eigenvalue weighted by Crippen LogP contribution is -2.28. The predicted molar refractivity (Wildman–Crippen MR) is 116 cm³/mol. The summed E-state index contributed by atoms with van der Waals surface area (Å²) in [5, 5.41) is 8.67. The highest BCUT2D eigenvalue weighted by molar-refractivity contribution is 5.51. The zero-order chi connectivity index (χ0) is 21.6. The molecule has 0 bridgehead atoms. The summed E-state index contributed by atoms with van der Waals surface area (Å²) in [5.41, 5.74) is 6.97. The fraction of sp³-hybridized carbons (Fsp3) is 0.524. The maximum absolute atomic E-state index is 9.34. The fourth-order valence-electron chi connectivity index (χ4n) is 1.85. The highest BCUT2D eigenvalue weighted by Gasteiger charge is 2.33. The summed E-state index contributed by atoms with van der Waals surface area (Å²) in [6.07, 6.45) is 4.21. The molecule has 7 heteroatoms. The second kappa shape index (κ2) is 21.2. The molecule has 1 atom stereocenters. The van der Waals surface area contributed by atoms with Gasteiger partial charge in [-0.25, -0.2) is 0 Å². The van der Waals surface area contributed by atoms with Crippen LogP contribution in [0.5, 0.6) is 0 Å². The lowest BCUT2D eigenvalue weighted by Gasteiger charge is -2.19. The average Bonchev–Trinajstić information content (AvgIpc) is 3.55. The number of hydrogen-bond acceptors (Lipinski definition) is 7. The quantitative estimate of drug-likeness (QED) is 0.369. The molecule has 28 heavy (non-hydrogen) atoms. The van der Waals surface area contributed by atoms with Gasteiger partial charge < -0.3 is 30.7 Å². The number of aldehydes is 2. The molecule has 7 nitrogen and oxygen atoms in total. The molecule has 1 aliphatic rings. The molecule has 0 aliphatic heterocycles. The molecule has 160 valence electrons. The molecule has 1 fully saturated rings. The summed E-state index contributed by atoms with van der Waals surface area (Å²) < 4.78 is 5.59. The van der Waals surface area contributed by atoms with E-state index in [4.69, 9.17) is 9.53 Å². The van der Waals surface area contributed by atoms with E-state index < -0.39 is 0 Å². The van der Waals surface area contributed by atoms with Crippen molar-refractivity contribution in [3.8, 4) is 0 Å². The Hall–Kier alpha value is -2.06. The largest absolute Gasteiger partial charge is 0.390 e. The molecule has 1 aromatic carbocycles. The normalized spacial score (nSPS) is 12.5. The number of carbonyl (C=O) groups is 2. The van der Waals surface area contributed by atoms with E-state index in [9.17, 15) is 4.79 Å². The van der Waals surface area contributed by atoms with E-state index in [2.05, 4.69) is 47.3 Å². The van der Waals surface area contributed by atoms with E-state index in [1.54, 1.807) is 7.05 Å². The van der Waals surface area contributed by atoms with Crippen LogP contribution in [0.25, 0.3) is 0 Å². The maximum Gasteiger partial charge on any atom is 0.133 e. The lowest BCUT2D eigenvalue weighted by molar-refractivity contribution is -0.107. The van der Waals surface area contributed by atoms with Gasteiger partial charge in [-0.15, -0.1) is 0 Å². The molecule has 1 aliphatic carbocycles. The third-order valence-corrected chi connectivity index (χ3v) is 3.45. The van der Waals surface area contributed by atoms with Gasteiger partial charge in [-0.3, -0.25) is 5.32 Å². The van der Waals surface area contributed by atoms with E-state index >= 15 is 0 Å². The first-order valence-corrected chi connectivity index (χ1v) is 9.38. The molecule has 0 spiro atoms. The molecular weight excluding hydrogens is 356 g/mol. The van der Waals surface area contributed by atoms with E-state index in [1.807, 2.05) is 32.3 Å². The molecule has 0 heterocycles. The van der Waals surface area contributed by atoms with Crippen molar-refractivity contribution in [2.24, 2.45) is 11.7 Å². The molecule has 5 N–H and O–H groups in total. The number of carbonyl (C=O) groups excluding carboxylic acids is 2. The minimum atomic E-state index is 0.139. The van der Waals surface area contributed by atoms with Gasteiger partial charge in [-0.05, 0) is 39.8 Å². The van der Waals surface area contributed by atoms with Crippen molar-refractivity contribution in [1.29, 1.82) is 0 Å². The Kier molecular flexibility index (Phi) is 21.4. The first-order valence-electron chi connectivity index (χ1n) is 9.38. The van der Waals surface area contributed by atoms with Gasteiger partial charge in [0.25, 0.3) is 0 Å². The number of benzene rings is 1. The van der Waals surface area contributed by atoms with Gasteiger partial charge >= 0.3 is 0 Å². The van der Waals surface area contributed by atoms with Gasteiger partial charge in [-0.2, -0.15) is 0 Å². The van der Waals surface area contributed by atoms with Crippen LogP contribution in [0.2, 0.25) is 0 Å². The summed E-state index contributed by atoms with van der Waals surface area (Å²) >= 11 is 0. The van der Waals surface area contributed by atoms with E-state index in [0.717, 1.165) is 12.0 Å². The van der Waals surface area contributed by atoms with Crippen LogP contribution in [0.4, 0.5) is 0 Å². The van der Waals surface area contributed by atoms with Crippen molar-refractivity contribution in [2.45, 2.75) is 25.9 Å². The summed E-state index contributed by atoms with van der Waals surface area (Å²) in [6.45, 7) is 7.20. The Morgan fingerprint density at radius 3 is 2.00 bits per heavy atom. The Morgan fingerprint density at radius 1 is 1.18 bits per heavy atom. The fourth-order valence-corrected chi connectivity index (χ4v) is 1.85. The maximum atomic E-state index is 9.34. The van der Waals surface area contributed by atoms with E-state index in [0.29, 0.717) is 25.5 Å². The molecule has 1 unspecified atom stereocenters. The highest BCUT2D eigenvalue weighted by Crippen LogP contribution is 2.36. The van der Waals surface area contributed by atoms with Gasteiger partial charge in [0.1, 0.15) is 18.7 Å². The number of aryl methyl sites for hydroxylation is 1. The van der Waals surface area contributed by atoms with Crippen molar-refractivity contribution in [2.75, 3.05) is 41.0 Å². The summed E-state index contributed by atoms with van der Waals surface area (Å²) in [5.74, 6) is 0.693. The Morgan fingerprint density at radius 2 is 1.75 bits per heavy atom. The first kappa shape index (κ1) is 28.2. The minimum absolute atomic E-state index is 0.139. The number of hydrogen-bond donors (Lipinski definition) is 4. The third kappa shape index (κ3) is 18.7. The minimum Gasteiger partial charge on any atom is -0.390 e. The second-order valence-electron chi connectivity index (χ2n) is 5.98. The van der Waals surface area contributed by atoms with Crippen LogP contribution in [-0.2, 0) is 14.3 Å². The van der Waals surface area contributed by atoms with Crippen molar-refractivity contribution in [3.05, 3.63) is 48.2 Å². The van der Waals surface area contributed by atoms with Gasteiger partial charge in [0.15, 0.2) is 0 Å². The van der Waals surface area contributed by atoms with Crippen molar-refractivity contribution >= 4 is 12.6 Å². The number of likely N-dealkylation sites (N-methyl/N-ethyl adjacent to an activating group) is 2. The Bertz CT molecular complexity index is 494. The predicted octanol–water partition coefficient (Wildman–Crippen LogP) is 1.24. The van der Waals surface area contributed by atoms with Crippen LogP contribution in [-0.4, -0.2) is 59.6 Å². The average molecular weight is 395 g/mol. The standard InChI is InChI=1S/C9H18N2O.C7H8.C3H7NO.C2H5NO/c1-7(11-3)9(8-4-5-8)12-6-10-2;1-7-5-3-2-4-6-7;1-4-2-3-5;3-1-2-4/h8-11H,1,4-6H2,2-3H3;2-6H,1H3;3-4H,2H2,1H3;2H,1,3H2. The topological polar surface area (TPSA) is 105 Å². The Labute approximate surface area is 170 Å². The molecular formula is C21H38N4O3. The molecule has 0 radical (unpaired) electrons. The zero-order valence-electron chi connectivity index (χ0n) is 17.7. The van der Waals surface area contributed by atoms with Crippen molar-refractivity contribution in [3.63, 3.8) is 0 Å². The SMILES string of the molecule is C=C(NC)C(OCNC)C1CC1.CNCC=O.Cc1ccccc1.NCC=O. The number of rotatable bonds is 9. The second-order valence-corrected chi connectivity index (χ2v) is 5.98. The van der Waals surface area contributed by atoms with Crippen LogP contribution < -0.4 is 21.7 Å². The van der Waals surface area contributed by atoms with Crippen LogP contribution >= 0.6 is 0 Å². The molecule has 0 aromatic heterocycles. The molecule has 0 saturated heterocycles. The van der Waals surface area contributed by atoms with Crippen LogP contribution in [0, 0.1) is 12.8 Å². The number of nitrogens with two attached hydrogens (primary N) is 1. The van der Waals surface area contributed by atoms with Crippen molar-refractivity contribution < 1.29 is 14.3 Å². The Balaban J connectivity index is 0. The molecule has 2 rings (SSSR count). The molecule has 1 saturated carbocycles. The first-order chi connectivity index (χ1) is 13.5. The lowest BCUT2D eigenvalue weighted by atomic mass is 10.2. The zero-order valence-corrected chi connectivity index (χ0v) is 17.7. The van der Waals surface area contributed by atoms with E-state index in [1.165, 1.54) is 18.4 Å². The summed E-state index contributed by atoms with van der Waals surface area (Å²) in [4.78, 5) is 18.4. The van der Waals surface area contributed by atoms with Gasteiger partial charge in [0.05, 0.1) is 13.3 Å². The monoisotopic (exact) mass is 394 g/mol. The molecule has 1 aromatic rings. The van der Waals surface area contributed by atoms with Crippen LogP contribution in [0.3, 0.4) is 0 Å². The highest BCUT2D eigenvalue weighted by atomic mass is 16.5. The van der Waals surface area contributed by atoms with Crippen molar-refractivity contribution in [1.82, 2.24) is 16.0 Å². The van der Waals surface area contributed by atoms with Gasteiger partial charge in [0, 0.05) is 19.3 Å². The molecule has 0 amide bonds. The number of nitrogens with one attached hydrogen (secondary N) is 3. The number of ether oxygens (including phenoxy) is 1. The third-order valence-electron chi connectivity index (χ3n) is 3.45. The van der Waals surface area contributed by atoms with Crippen LogP contribution in [0.1, 0.15) is 18.4 Å².